The van der Waals surface area contributed by atoms with Crippen molar-refractivity contribution in [3.8, 4) is 5.75 Å². The molecular formula is C11H14FNO3. The molecular weight excluding hydrogens is 213 g/mol. The van der Waals surface area contributed by atoms with Crippen LogP contribution in [0.4, 0.5) is 4.39 Å². The third-order valence-corrected chi connectivity index (χ3v) is 2.13. The first kappa shape index (κ1) is 12.6. The maximum Gasteiger partial charge on any atom is 0.180 e. The fourth-order valence-electron chi connectivity index (χ4n) is 1.48. The lowest BCUT2D eigenvalue weighted by Crippen LogP contribution is -2.17. The zero-order valence-corrected chi connectivity index (χ0v) is 9.25. The highest BCUT2D eigenvalue weighted by Gasteiger charge is 2.17. The van der Waals surface area contributed by atoms with Crippen LogP contribution in [-0.4, -0.2) is 26.5 Å². The summed E-state index contributed by atoms with van der Waals surface area (Å²) in [5.41, 5.74) is 6.02. The lowest BCUT2D eigenvalue weighted by atomic mass is 10.0. The van der Waals surface area contributed by atoms with Crippen LogP contribution in [0.5, 0.6) is 5.75 Å². The number of carbonyl (C=O) groups excluding carboxylic acids is 1. The van der Waals surface area contributed by atoms with E-state index >= 15 is 0 Å². The molecule has 0 spiro atoms. The Morgan fingerprint density at radius 1 is 1.44 bits per heavy atom. The van der Waals surface area contributed by atoms with Crippen LogP contribution in [0.15, 0.2) is 12.1 Å². The molecule has 16 heavy (non-hydrogen) atoms. The number of halogens is 1. The minimum atomic E-state index is -0.475. The van der Waals surface area contributed by atoms with Crippen molar-refractivity contribution >= 4 is 5.78 Å². The third-order valence-electron chi connectivity index (χ3n) is 2.13. The molecule has 0 saturated heterocycles. The van der Waals surface area contributed by atoms with Gasteiger partial charge in [0.2, 0.25) is 0 Å². The Kier molecular flexibility index (Phi) is 4.39. The SMILES string of the molecule is COCc1cc(F)cc(OC)c1C(=O)CN. The van der Waals surface area contributed by atoms with Crippen LogP contribution in [0.1, 0.15) is 15.9 Å². The second kappa shape index (κ2) is 5.58. The highest BCUT2D eigenvalue weighted by molar-refractivity contribution is 6.01. The summed E-state index contributed by atoms with van der Waals surface area (Å²) in [4.78, 5) is 11.6. The van der Waals surface area contributed by atoms with E-state index < -0.39 is 5.82 Å². The number of hydrogen-bond donors (Lipinski definition) is 1. The van der Waals surface area contributed by atoms with Crippen molar-refractivity contribution in [3.63, 3.8) is 0 Å². The summed E-state index contributed by atoms with van der Waals surface area (Å²) in [6.45, 7) is -0.0199. The van der Waals surface area contributed by atoms with Gasteiger partial charge in [-0.1, -0.05) is 0 Å². The topological polar surface area (TPSA) is 61.5 Å². The lowest BCUT2D eigenvalue weighted by Gasteiger charge is -2.12. The zero-order valence-electron chi connectivity index (χ0n) is 9.25. The number of methoxy groups -OCH3 is 2. The van der Waals surface area contributed by atoms with Gasteiger partial charge in [-0.05, 0) is 11.6 Å². The van der Waals surface area contributed by atoms with Gasteiger partial charge >= 0.3 is 0 Å². The molecule has 0 aliphatic heterocycles. The summed E-state index contributed by atoms with van der Waals surface area (Å²) in [7, 11) is 2.84. The molecule has 1 aromatic carbocycles. The van der Waals surface area contributed by atoms with Crippen molar-refractivity contribution in [3.05, 3.63) is 29.1 Å². The Morgan fingerprint density at radius 3 is 2.62 bits per heavy atom. The zero-order chi connectivity index (χ0) is 12.1. The van der Waals surface area contributed by atoms with Crippen molar-refractivity contribution in [1.29, 1.82) is 0 Å². The van der Waals surface area contributed by atoms with Crippen molar-refractivity contribution in [2.24, 2.45) is 5.73 Å². The average molecular weight is 227 g/mol. The maximum atomic E-state index is 13.2. The van der Waals surface area contributed by atoms with E-state index in [0.717, 1.165) is 6.07 Å². The molecule has 2 N–H and O–H groups in total. The van der Waals surface area contributed by atoms with Crippen molar-refractivity contribution in [2.75, 3.05) is 20.8 Å². The van der Waals surface area contributed by atoms with Crippen molar-refractivity contribution in [1.82, 2.24) is 0 Å². The molecule has 0 atom stereocenters. The van der Waals surface area contributed by atoms with E-state index in [1.54, 1.807) is 0 Å². The van der Waals surface area contributed by atoms with Crippen LogP contribution in [0.25, 0.3) is 0 Å². The molecule has 0 amide bonds. The highest BCUT2D eigenvalue weighted by atomic mass is 19.1. The third kappa shape index (κ3) is 2.56. The molecule has 0 unspecified atom stereocenters. The van der Waals surface area contributed by atoms with Crippen molar-refractivity contribution < 1.29 is 18.7 Å². The van der Waals surface area contributed by atoms with Crippen LogP contribution < -0.4 is 10.5 Å². The smallest absolute Gasteiger partial charge is 0.180 e. The predicted molar refractivity (Wildman–Crippen MR) is 57.0 cm³/mol. The molecule has 1 rings (SSSR count). The fraction of sp³-hybridized carbons (Fsp3) is 0.364. The van der Waals surface area contributed by atoms with E-state index in [9.17, 15) is 9.18 Å². The number of benzene rings is 1. The molecule has 5 heteroatoms. The predicted octanol–water partition coefficient (Wildman–Crippen LogP) is 1.12. The second-order valence-electron chi connectivity index (χ2n) is 3.20. The molecule has 0 bridgehead atoms. The normalized spacial score (nSPS) is 10.2. The van der Waals surface area contributed by atoms with E-state index in [1.165, 1.54) is 20.3 Å². The van der Waals surface area contributed by atoms with Gasteiger partial charge in [0.25, 0.3) is 0 Å². The summed E-state index contributed by atoms with van der Waals surface area (Å²) in [5.74, 6) is -0.594. The van der Waals surface area contributed by atoms with Crippen molar-refractivity contribution in [2.45, 2.75) is 6.61 Å². The summed E-state index contributed by atoms with van der Waals surface area (Å²) in [6, 6.07) is 2.40. The van der Waals surface area contributed by atoms with Crippen LogP contribution in [0.3, 0.4) is 0 Å². The molecule has 0 aliphatic carbocycles. The quantitative estimate of drug-likeness (QED) is 0.766. The molecule has 0 heterocycles. The molecule has 0 aliphatic rings. The lowest BCUT2D eigenvalue weighted by molar-refractivity contribution is 0.0993. The minimum absolute atomic E-state index is 0.134. The van der Waals surface area contributed by atoms with Gasteiger partial charge < -0.3 is 15.2 Å². The molecule has 0 fully saturated rings. The number of hydrogen-bond acceptors (Lipinski definition) is 4. The highest BCUT2D eigenvalue weighted by Crippen LogP contribution is 2.25. The van der Waals surface area contributed by atoms with Gasteiger partial charge in [0, 0.05) is 13.2 Å². The van der Waals surface area contributed by atoms with Crippen LogP contribution in [0, 0.1) is 5.82 Å². The van der Waals surface area contributed by atoms with Gasteiger partial charge in [-0.25, -0.2) is 4.39 Å². The van der Waals surface area contributed by atoms with Crippen LogP contribution in [0.2, 0.25) is 0 Å². The molecule has 4 nitrogen and oxygen atoms in total. The Bertz CT molecular complexity index is 393. The first-order chi connectivity index (χ1) is 7.63. The Labute approximate surface area is 93.2 Å². The van der Waals surface area contributed by atoms with Gasteiger partial charge in [0.05, 0.1) is 25.8 Å². The second-order valence-corrected chi connectivity index (χ2v) is 3.20. The van der Waals surface area contributed by atoms with Gasteiger partial charge in [-0.3, -0.25) is 4.79 Å². The molecule has 1 aromatic rings. The monoisotopic (exact) mass is 227 g/mol. The summed E-state index contributed by atoms with van der Waals surface area (Å²) in [6.07, 6.45) is 0. The van der Waals surface area contributed by atoms with Crippen LogP contribution >= 0.6 is 0 Å². The van der Waals surface area contributed by atoms with Gasteiger partial charge in [-0.15, -0.1) is 0 Å². The Balaban J connectivity index is 3.32. The molecule has 0 aromatic heterocycles. The first-order valence-electron chi connectivity index (χ1n) is 4.72. The first-order valence-corrected chi connectivity index (χ1v) is 4.72. The summed E-state index contributed by atoms with van der Waals surface area (Å²) < 4.78 is 23.1. The number of rotatable bonds is 5. The van der Waals surface area contributed by atoms with E-state index in [2.05, 4.69) is 0 Å². The summed E-state index contributed by atoms with van der Waals surface area (Å²) in [5, 5.41) is 0. The molecule has 0 saturated carbocycles. The Hall–Kier alpha value is -1.46. The van der Waals surface area contributed by atoms with Crippen LogP contribution in [-0.2, 0) is 11.3 Å². The van der Waals surface area contributed by atoms with E-state index in [4.69, 9.17) is 15.2 Å². The van der Waals surface area contributed by atoms with E-state index in [-0.39, 0.29) is 30.2 Å². The number of nitrogens with two attached hydrogens (primary N) is 1. The van der Waals surface area contributed by atoms with Gasteiger partial charge in [-0.2, -0.15) is 0 Å². The van der Waals surface area contributed by atoms with E-state index in [1.807, 2.05) is 0 Å². The number of ketones is 1. The molecule has 0 radical (unpaired) electrons. The number of ether oxygens (including phenoxy) is 2. The average Bonchev–Trinajstić information content (AvgIpc) is 2.27. The fourth-order valence-corrected chi connectivity index (χ4v) is 1.48. The van der Waals surface area contributed by atoms with Gasteiger partial charge in [0.15, 0.2) is 5.78 Å². The molecule has 88 valence electrons. The number of carbonyl (C=O) groups is 1. The standard InChI is InChI=1S/C11H14FNO3/c1-15-6-7-3-8(12)4-10(16-2)11(7)9(14)5-13/h3-4H,5-6,13H2,1-2H3. The summed E-state index contributed by atoms with van der Waals surface area (Å²) >= 11 is 0. The van der Waals surface area contributed by atoms with Gasteiger partial charge in [0.1, 0.15) is 11.6 Å². The largest absolute Gasteiger partial charge is 0.496 e. The number of Topliss-reactive ketones (excluding diaryl/α,β-unsaturated/α-hetero) is 1. The van der Waals surface area contributed by atoms with E-state index in [0.29, 0.717) is 5.56 Å². The maximum absolute atomic E-state index is 13.2. The Morgan fingerprint density at radius 2 is 2.12 bits per heavy atom. The minimum Gasteiger partial charge on any atom is -0.496 e.